The number of alkyl carbamates (subject to hydrolysis) is 1. The van der Waals surface area contributed by atoms with Crippen LogP contribution in [0.1, 0.15) is 38.9 Å². The Labute approximate surface area is 111 Å². The van der Waals surface area contributed by atoms with Gasteiger partial charge in [-0.3, -0.25) is 14.8 Å². The molecule has 1 aromatic rings. The van der Waals surface area contributed by atoms with E-state index in [9.17, 15) is 9.59 Å². The molecule has 1 amide bonds. The van der Waals surface area contributed by atoms with Crippen molar-refractivity contribution in [2.24, 2.45) is 0 Å². The van der Waals surface area contributed by atoms with Gasteiger partial charge < -0.3 is 15.2 Å². The fourth-order valence-electron chi connectivity index (χ4n) is 1.34. The van der Waals surface area contributed by atoms with Crippen molar-refractivity contribution >= 4 is 12.1 Å². The first kappa shape index (κ1) is 14.9. The van der Waals surface area contributed by atoms with E-state index in [2.05, 4.69) is 15.3 Å². The van der Waals surface area contributed by atoms with Gasteiger partial charge in [-0.15, -0.1) is 0 Å². The van der Waals surface area contributed by atoms with Crippen molar-refractivity contribution < 1.29 is 19.4 Å². The highest BCUT2D eigenvalue weighted by molar-refractivity contribution is 5.71. The Kier molecular flexibility index (Phi) is 4.80. The number of carbonyl (C=O) groups is 2. The normalized spacial score (nSPS) is 12.6. The molecule has 1 aromatic heterocycles. The summed E-state index contributed by atoms with van der Waals surface area (Å²) in [6.07, 6.45) is 3.32. The summed E-state index contributed by atoms with van der Waals surface area (Å²) >= 11 is 0. The molecular formula is C12H17N3O4. The van der Waals surface area contributed by atoms with Crippen LogP contribution in [0.25, 0.3) is 0 Å². The van der Waals surface area contributed by atoms with E-state index in [-0.39, 0.29) is 6.42 Å². The fourth-order valence-corrected chi connectivity index (χ4v) is 1.34. The van der Waals surface area contributed by atoms with Crippen LogP contribution < -0.4 is 5.32 Å². The van der Waals surface area contributed by atoms with Crippen LogP contribution in [0.4, 0.5) is 4.79 Å². The van der Waals surface area contributed by atoms with E-state index in [1.165, 1.54) is 18.6 Å². The number of nitrogens with one attached hydrogen (secondary N) is 1. The molecule has 0 fully saturated rings. The minimum Gasteiger partial charge on any atom is -0.481 e. The second kappa shape index (κ2) is 6.12. The van der Waals surface area contributed by atoms with E-state index >= 15 is 0 Å². The number of aromatic nitrogens is 2. The van der Waals surface area contributed by atoms with Crippen molar-refractivity contribution in [1.29, 1.82) is 0 Å². The number of nitrogens with zero attached hydrogens (tertiary/aromatic N) is 2. The molecule has 0 aliphatic carbocycles. The standard InChI is InChI=1S/C12H17N3O4/c1-12(2,3)19-11(18)15-8(6-10(16)17)9-7-13-4-5-14-9/h4-5,7-8H,6H2,1-3H3,(H,15,18)(H,16,17)/t8-/m0/s1. The highest BCUT2D eigenvalue weighted by Gasteiger charge is 2.23. The van der Waals surface area contributed by atoms with Crippen LogP contribution in [0.5, 0.6) is 0 Å². The fraction of sp³-hybridized carbons (Fsp3) is 0.500. The molecule has 0 aliphatic rings. The quantitative estimate of drug-likeness (QED) is 0.857. The minimum atomic E-state index is -1.05. The molecule has 0 radical (unpaired) electrons. The molecule has 0 aliphatic heterocycles. The average molecular weight is 267 g/mol. The third-order valence-electron chi connectivity index (χ3n) is 2.01. The number of aliphatic carboxylic acids is 1. The van der Waals surface area contributed by atoms with Gasteiger partial charge in [0.1, 0.15) is 5.60 Å². The molecule has 0 saturated carbocycles. The van der Waals surface area contributed by atoms with Crippen LogP contribution >= 0.6 is 0 Å². The maximum absolute atomic E-state index is 11.6. The van der Waals surface area contributed by atoms with Crippen LogP contribution in [0.2, 0.25) is 0 Å². The molecule has 0 bridgehead atoms. The van der Waals surface area contributed by atoms with Gasteiger partial charge in [0, 0.05) is 12.4 Å². The molecule has 0 spiro atoms. The van der Waals surface area contributed by atoms with Crippen LogP contribution in [0, 0.1) is 0 Å². The highest BCUT2D eigenvalue weighted by atomic mass is 16.6. The van der Waals surface area contributed by atoms with E-state index in [0.29, 0.717) is 5.69 Å². The summed E-state index contributed by atoms with van der Waals surface area (Å²) < 4.78 is 5.08. The zero-order valence-electron chi connectivity index (χ0n) is 11.1. The molecular weight excluding hydrogens is 250 g/mol. The van der Waals surface area contributed by atoms with Crippen molar-refractivity contribution in [2.45, 2.75) is 38.8 Å². The van der Waals surface area contributed by atoms with Gasteiger partial charge >= 0.3 is 12.1 Å². The number of ether oxygens (including phenoxy) is 1. The molecule has 1 rings (SSSR count). The van der Waals surface area contributed by atoms with Crippen molar-refractivity contribution in [3.05, 3.63) is 24.3 Å². The van der Waals surface area contributed by atoms with Gasteiger partial charge in [-0.25, -0.2) is 4.79 Å². The Morgan fingerprint density at radius 3 is 2.58 bits per heavy atom. The molecule has 104 valence electrons. The molecule has 2 N–H and O–H groups in total. The molecule has 19 heavy (non-hydrogen) atoms. The van der Waals surface area contributed by atoms with Gasteiger partial charge in [0.25, 0.3) is 0 Å². The maximum atomic E-state index is 11.6. The van der Waals surface area contributed by atoms with Crippen molar-refractivity contribution in [2.75, 3.05) is 0 Å². The maximum Gasteiger partial charge on any atom is 0.408 e. The van der Waals surface area contributed by atoms with Gasteiger partial charge in [0.2, 0.25) is 0 Å². The first-order valence-corrected chi connectivity index (χ1v) is 5.75. The van der Waals surface area contributed by atoms with Crippen LogP contribution in [0.15, 0.2) is 18.6 Å². The summed E-state index contributed by atoms with van der Waals surface area (Å²) in [5, 5.41) is 11.3. The lowest BCUT2D eigenvalue weighted by Gasteiger charge is -2.22. The van der Waals surface area contributed by atoms with E-state index in [1.54, 1.807) is 20.8 Å². The lowest BCUT2D eigenvalue weighted by atomic mass is 10.1. The van der Waals surface area contributed by atoms with Crippen LogP contribution in [0.3, 0.4) is 0 Å². The number of carboxylic acids is 1. The Hall–Kier alpha value is -2.18. The molecule has 7 heteroatoms. The Morgan fingerprint density at radius 2 is 2.11 bits per heavy atom. The van der Waals surface area contributed by atoms with Crippen molar-refractivity contribution in [3.63, 3.8) is 0 Å². The second-order valence-corrected chi connectivity index (χ2v) is 4.93. The molecule has 0 saturated heterocycles. The average Bonchev–Trinajstić information content (AvgIpc) is 2.26. The third kappa shape index (κ3) is 5.80. The van der Waals surface area contributed by atoms with E-state index in [0.717, 1.165) is 0 Å². The number of amides is 1. The molecule has 0 aromatic carbocycles. The van der Waals surface area contributed by atoms with Crippen molar-refractivity contribution in [1.82, 2.24) is 15.3 Å². The topological polar surface area (TPSA) is 101 Å². The molecule has 0 unspecified atom stereocenters. The second-order valence-electron chi connectivity index (χ2n) is 4.93. The number of rotatable bonds is 4. The zero-order valence-corrected chi connectivity index (χ0v) is 11.1. The Bertz CT molecular complexity index is 442. The molecule has 1 atom stereocenters. The predicted octanol–water partition coefficient (Wildman–Crippen LogP) is 1.52. The van der Waals surface area contributed by atoms with Crippen molar-refractivity contribution in [3.8, 4) is 0 Å². The molecule has 7 nitrogen and oxygen atoms in total. The van der Waals surface area contributed by atoms with Gasteiger partial charge in [0.15, 0.2) is 0 Å². The number of carbonyl (C=O) groups excluding carboxylic acids is 1. The summed E-state index contributed by atoms with van der Waals surface area (Å²) in [6.45, 7) is 5.17. The third-order valence-corrected chi connectivity index (χ3v) is 2.01. The van der Waals surface area contributed by atoms with Crippen LogP contribution in [-0.2, 0) is 9.53 Å². The van der Waals surface area contributed by atoms with Gasteiger partial charge in [-0.1, -0.05) is 0 Å². The lowest BCUT2D eigenvalue weighted by Crippen LogP contribution is -2.36. The Morgan fingerprint density at radius 1 is 1.42 bits per heavy atom. The summed E-state index contributed by atoms with van der Waals surface area (Å²) in [5.41, 5.74) is -0.281. The lowest BCUT2D eigenvalue weighted by molar-refractivity contribution is -0.137. The summed E-state index contributed by atoms with van der Waals surface area (Å²) in [6, 6.07) is -0.777. The largest absolute Gasteiger partial charge is 0.481 e. The minimum absolute atomic E-state index is 0.294. The summed E-state index contributed by atoms with van der Waals surface area (Å²) in [7, 11) is 0. The monoisotopic (exact) mass is 267 g/mol. The number of carboxylic acid groups (broad SMARTS) is 1. The smallest absolute Gasteiger partial charge is 0.408 e. The first-order chi connectivity index (χ1) is 8.78. The zero-order chi connectivity index (χ0) is 14.5. The number of hydrogen-bond acceptors (Lipinski definition) is 5. The van der Waals surface area contributed by atoms with E-state index < -0.39 is 23.7 Å². The van der Waals surface area contributed by atoms with E-state index in [4.69, 9.17) is 9.84 Å². The van der Waals surface area contributed by atoms with Gasteiger partial charge in [-0.05, 0) is 20.8 Å². The number of hydrogen-bond donors (Lipinski definition) is 2. The summed E-state index contributed by atoms with van der Waals surface area (Å²) in [4.78, 5) is 30.3. The highest BCUT2D eigenvalue weighted by Crippen LogP contribution is 2.15. The Balaban J connectivity index is 2.76. The SMILES string of the molecule is CC(C)(C)OC(=O)N[C@@H](CC(=O)O)c1cnccn1. The van der Waals surface area contributed by atoms with Gasteiger partial charge in [-0.2, -0.15) is 0 Å². The van der Waals surface area contributed by atoms with Gasteiger partial charge in [0.05, 0.1) is 24.4 Å². The van der Waals surface area contributed by atoms with Crippen LogP contribution in [-0.4, -0.2) is 32.7 Å². The van der Waals surface area contributed by atoms with E-state index in [1.807, 2.05) is 0 Å². The molecule has 1 heterocycles. The first-order valence-electron chi connectivity index (χ1n) is 5.75. The summed E-state index contributed by atoms with van der Waals surface area (Å²) in [5.74, 6) is -1.05. The predicted molar refractivity (Wildman–Crippen MR) is 66.4 cm³/mol.